The minimum Gasteiger partial charge on any atom is -0.493 e. The Morgan fingerprint density at radius 2 is 1.65 bits per heavy atom. The second-order valence-electron chi connectivity index (χ2n) is 6.63. The third-order valence-corrected chi connectivity index (χ3v) is 6.01. The van der Waals surface area contributed by atoms with E-state index in [0.29, 0.717) is 27.1 Å². The maximum Gasteiger partial charge on any atom is 0.265 e. The molecule has 10 heteroatoms. The Morgan fingerprint density at radius 1 is 1.00 bits per heavy atom. The first-order valence-electron chi connectivity index (χ1n) is 8.90. The van der Waals surface area contributed by atoms with Crippen molar-refractivity contribution in [1.82, 2.24) is 9.80 Å². The monoisotopic (exact) mass is 498 g/mol. The molecule has 1 fully saturated rings. The number of carbonyl (C=O) groups is 2. The van der Waals surface area contributed by atoms with Gasteiger partial charge in [-0.15, -0.1) is 0 Å². The van der Waals surface area contributed by atoms with Gasteiger partial charge in [-0.05, 0) is 48.1 Å². The van der Waals surface area contributed by atoms with Crippen molar-refractivity contribution >= 4 is 70.0 Å². The van der Waals surface area contributed by atoms with Crippen LogP contribution in [0.4, 0.5) is 0 Å². The number of hydrogen-bond donors (Lipinski definition) is 0. The van der Waals surface area contributed by atoms with Gasteiger partial charge in [-0.2, -0.15) is 0 Å². The lowest BCUT2D eigenvalue weighted by molar-refractivity contribution is -0.132. The molecule has 1 saturated heterocycles. The van der Waals surface area contributed by atoms with Crippen molar-refractivity contribution in [2.24, 2.45) is 0 Å². The quantitative estimate of drug-likeness (QED) is 0.335. The van der Waals surface area contributed by atoms with Crippen LogP contribution in [0.15, 0.2) is 35.9 Å². The number of amides is 2. The van der Waals surface area contributed by atoms with Crippen LogP contribution in [0, 0.1) is 0 Å². The van der Waals surface area contributed by atoms with Crippen LogP contribution >= 0.6 is 47.0 Å². The standard InChI is InChI=1S/C21H17Cl3N2O4S/c1-25-19(27)14(20(28)26(2)21(25)31)6-11-7-16(24)18(17(8-11)29-3)30-10-12-4-5-13(22)9-15(12)23/h4-9H,10H2,1-3H3. The van der Waals surface area contributed by atoms with Gasteiger partial charge in [0.25, 0.3) is 11.8 Å². The van der Waals surface area contributed by atoms with Crippen LogP contribution in [0.2, 0.25) is 15.1 Å². The molecule has 1 heterocycles. The van der Waals surface area contributed by atoms with Crippen molar-refractivity contribution in [3.8, 4) is 11.5 Å². The summed E-state index contributed by atoms with van der Waals surface area (Å²) >= 11 is 23.6. The Labute approximate surface area is 199 Å². The Morgan fingerprint density at radius 3 is 2.23 bits per heavy atom. The Bertz CT molecular complexity index is 1090. The van der Waals surface area contributed by atoms with E-state index < -0.39 is 11.8 Å². The van der Waals surface area contributed by atoms with Gasteiger partial charge in [0, 0.05) is 29.7 Å². The van der Waals surface area contributed by atoms with E-state index in [2.05, 4.69) is 0 Å². The van der Waals surface area contributed by atoms with Crippen molar-refractivity contribution in [2.75, 3.05) is 21.2 Å². The highest BCUT2D eigenvalue weighted by molar-refractivity contribution is 7.80. The molecule has 31 heavy (non-hydrogen) atoms. The van der Waals surface area contributed by atoms with Gasteiger partial charge in [-0.1, -0.05) is 40.9 Å². The SMILES string of the molecule is COc1cc(C=C2C(=O)N(C)C(=S)N(C)C2=O)cc(Cl)c1OCc1ccc(Cl)cc1Cl. The number of nitrogens with zero attached hydrogens (tertiary/aromatic N) is 2. The van der Waals surface area contributed by atoms with E-state index in [1.165, 1.54) is 37.1 Å². The predicted octanol–water partition coefficient (Wildman–Crippen LogP) is 4.83. The van der Waals surface area contributed by atoms with Gasteiger partial charge in [0.15, 0.2) is 16.6 Å². The molecular weight excluding hydrogens is 483 g/mol. The number of methoxy groups -OCH3 is 1. The number of halogens is 3. The maximum atomic E-state index is 12.5. The van der Waals surface area contributed by atoms with E-state index in [-0.39, 0.29) is 22.3 Å². The molecule has 2 amide bonds. The molecule has 1 aliphatic heterocycles. The third-order valence-electron chi connectivity index (χ3n) is 4.59. The zero-order chi connectivity index (χ0) is 22.9. The first-order valence-corrected chi connectivity index (χ1v) is 10.4. The number of hydrogen-bond acceptors (Lipinski definition) is 5. The molecule has 2 aromatic rings. The lowest BCUT2D eigenvalue weighted by Gasteiger charge is -2.31. The third kappa shape index (κ3) is 4.80. The molecule has 3 rings (SSSR count). The van der Waals surface area contributed by atoms with Gasteiger partial charge in [-0.3, -0.25) is 19.4 Å². The van der Waals surface area contributed by atoms with Gasteiger partial charge in [-0.25, -0.2) is 0 Å². The number of carbonyl (C=O) groups excluding carboxylic acids is 2. The Hall–Kier alpha value is -2.32. The molecule has 0 spiro atoms. The molecule has 0 saturated carbocycles. The fraction of sp³-hybridized carbons (Fsp3) is 0.190. The summed E-state index contributed by atoms with van der Waals surface area (Å²) in [5.74, 6) is -0.367. The van der Waals surface area contributed by atoms with Crippen molar-refractivity contribution in [2.45, 2.75) is 6.61 Å². The molecule has 0 aliphatic carbocycles. The molecule has 0 atom stereocenters. The molecule has 0 radical (unpaired) electrons. The number of rotatable bonds is 5. The van der Waals surface area contributed by atoms with Crippen LogP contribution in [-0.2, 0) is 16.2 Å². The normalized spacial score (nSPS) is 14.3. The predicted molar refractivity (Wildman–Crippen MR) is 125 cm³/mol. The van der Waals surface area contributed by atoms with Crippen molar-refractivity contribution in [1.29, 1.82) is 0 Å². The second-order valence-corrected chi connectivity index (χ2v) is 8.24. The van der Waals surface area contributed by atoms with E-state index in [1.807, 2.05) is 0 Å². The summed E-state index contributed by atoms with van der Waals surface area (Å²) < 4.78 is 11.2. The van der Waals surface area contributed by atoms with Crippen LogP contribution in [0.5, 0.6) is 11.5 Å². The summed E-state index contributed by atoms with van der Waals surface area (Å²) in [5.41, 5.74) is 1.17. The minimum atomic E-state index is -0.499. The first-order chi connectivity index (χ1) is 14.6. The van der Waals surface area contributed by atoms with Gasteiger partial charge in [0.05, 0.1) is 12.1 Å². The number of thiocarbonyl (C=S) groups is 1. The molecule has 1 aliphatic rings. The topological polar surface area (TPSA) is 59.1 Å². The molecule has 0 N–H and O–H groups in total. The average molecular weight is 500 g/mol. The van der Waals surface area contributed by atoms with Crippen LogP contribution in [0.1, 0.15) is 11.1 Å². The van der Waals surface area contributed by atoms with E-state index in [0.717, 1.165) is 5.56 Å². The van der Waals surface area contributed by atoms with E-state index in [9.17, 15) is 9.59 Å². The highest BCUT2D eigenvalue weighted by atomic mass is 35.5. The van der Waals surface area contributed by atoms with E-state index >= 15 is 0 Å². The molecule has 0 unspecified atom stereocenters. The van der Waals surface area contributed by atoms with Crippen LogP contribution in [-0.4, -0.2) is 47.9 Å². The second kappa shape index (κ2) is 9.44. The highest BCUT2D eigenvalue weighted by Crippen LogP contribution is 2.38. The molecule has 2 aromatic carbocycles. The van der Waals surface area contributed by atoms with Crippen LogP contribution in [0.25, 0.3) is 6.08 Å². The Balaban J connectivity index is 1.92. The lowest BCUT2D eigenvalue weighted by atomic mass is 10.1. The van der Waals surface area contributed by atoms with Gasteiger partial charge in [0.1, 0.15) is 12.2 Å². The summed E-state index contributed by atoms with van der Waals surface area (Å²) in [7, 11) is 4.48. The molecule has 6 nitrogen and oxygen atoms in total. The summed E-state index contributed by atoms with van der Waals surface area (Å²) in [5, 5.41) is 1.35. The van der Waals surface area contributed by atoms with Crippen LogP contribution < -0.4 is 9.47 Å². The molecule has 0 aromatic heterocycles. The van der Waals surface area contributed by atoms with Crippen molar-refractivity contribution < 1.29 is 19.1 Å². The van der Waals surface area contributed by atoms with Gasteiger partial charge < -0.3 is 9.47 Å². The fourth-order valence-corrected chi connectivity index (χ4v) is 3.80. The van der Waals surface area contributed by atoms with E-state index in [1.54, 1.807) is 30.3 Å². The lowest BCUT2D eigenvalue weighted by Crippen LogP contribution is -2.52. The van der Waals surface area contributed by atoms with Crippen molar-refractivity contribution in [3.63, 3.8) is 0 Å². The Kier molecular flexibility index (Phi) is 7.11. The maximum absolute atomic E-state index is 12.5. The summed E-state index contributed by atoms with van der Waals surface area (Å²) in [4.78, 5) is 27.5. The minimum absolute atomic E-state index is 0.0432. The number of ether oxygens (including phenoxy) is 2. The van der Waals surface area contributed by atoms with Gasteiger partial charge in [0.2, 0.25) is 0 Å². The highest BCUT2D eigenvalue weighted by Gasteiger charge is 2.35. The first kappa shape index (κ1) is 23.3. The average Bonchev–Trinajstić information content (AvgIpc) is 2.74. The molecule has 0 bridgehead atoms. The number of likely N-dealkylation sites (N-methyl/N-ethyl adjacent to an activating group) is 2. The largest absolute Gasteiger partial charge is 0.493 e. The van der Waals surface area contributed by atoms with E-state index in [4.69, 9.17) is 56.5 Å². The van der Waals surface area contributed by atoms with Crippen molar-refractivity contribution in [3.05, 3.63) is 62.1 Å². The zero-order valence-electron chi connectivity index (χ0n) is 16.7. The molecule has 162 valence electrons. The fourth-order valence-electron chi connectivity index (χ4n) is 2.89. The summed E-state index contributed by atoms with van der Waals surface area (Å²) in [6.45, 7) is 0.135. The zero-order valence-corrected chi connectivity index (χ0v) is 19.8. The number of benzene rings is 2. The smallest absolute Gasteiger partial charge is 0.265 e. The summed E-state index contributed by atoms with van der Waals surface area (Å²) in [6.07, 6.45) is 1.44. The molecular formula is C21H17Cl3N2O4S. The van der Waals surface area contributed by atoms with Gasteiger partial charge >= 0.3 is 0 Å². The summed E-state index contributed by atoms with van der Waals surface area (Å²) in [6, 6.07) is 8.27. The van der Waals surface area contributed by atoms with Crippen LogP contribution in [0.3, 0.4) is 0 Å².